The van der Waals surface area contributed by atoms with Gasteiger partial charge in [-0.15, -0.1) is 11.3 Å². The van der Waals surface area contributed by atoms with Gasteiger partial charge in [0, 0.05) is 32.2 Å². The highest BCUT2D eigenvalue weighted by Crippen LogP contribution is 2.33. The SMILES string of the molecule is CN(C)CCN(C(=O)C1CCCN(S(=O)(=O)c2cccs2)C1)c1nc2c(F)cc(F)cc2s1. The highest BCUT2D eigenvalue weighted by Gasteiger charge is 2.36. The number of carbonyl (C=O) groups is 1. The summed E-state index contributed by atoms with van der Waals surface area (Å²) in [7, 11) is 0.0706. The third kappa shape index (κ3) is 5.09. The van der Waals surface area contributed by atoms with E-state index in [4.69, 9.17) is 0 Å². The molecule has 0 bridgehead atoms. The minimum atomic E-state index is -3.66. The number of hydrogen-bond donors (Lipinski definition) is 0. The smallest absolute Gasteiger partial charge is 0.252 e. The van der Waals surface area contributed by atoms with E-state index in [2.05, 4.69) is 4.98 Å². The molecule has 1 aliphatic heterocycles. The van der Waals surface area contributed by atoms with E-state index in [1.165, 1.54) is 15.3 Å². The van der Waals surface area contributed by atoms with Crippen LogP contribution in [0.5, 0.6) is 0 Å². The van der Waals surface area contributed by atoms with Crippen molar-refractivity contribution >= 4 is 54.0 Å². The average Bonchev–Trinajstić information content (AvgIpc) is 3.44. The van der Waals surface area contributed by atoms with Crippen LogP contribution in [0.25, 0.3) is 10.2 Å². The lowest BCUT2D eigenvalue weighted by atomic mass is 9.98. The number of halogens is 2. The van der Waals surface area contributed by atoms with Gasteiger partial charge in [0.1, 0.15) is 15.5 Å². The van der Waals surface area contributed by atoms with Crippen LogP contribution in [0, 0.1) is 17.6 Å². The zero-order valence-corrected chi connectivity index (χ0v) is 20.7. The number of sulfonamides is 1. The van der Waals surface area contributed by atoms with Crippen LogP contribution in [0.2, 0.25) is 0 Å². The number of thiophene rings is 1. The van der Waals surface area contributed by atoms with Crippen molar-refractivity contribution in [1.82, 2.24) is 14.2 Å². The van der Waals surface area contributed by atoms with Gasteiger partial charge >= 0.3 is 0 Å². The van der Waals surface area contributed by atoms with Crippen LogP contribution in [0.15, 0.2) is 33.9 Å². The number of aromatic nitrogens is 1. The number of amides is 1. The Labute approximate surface area is 199 Å². The van der Waals surface area contributed by atoms with Crippen LogP contribution in [0.3, 0.4) is 0 Å². The molecule has 1 amide bonds. The van der Waals surface area contributed by atoms with Gasteiger partial charge in [0.25, 0.3) is 10.0 Å². The summed E-state index contributed by atoms with van der Waals surface area (Å²) in [6.45, 7) is 1.26. The maximum atomic E-state index is 14.2. The predicted octanol–water partition coefficient (Wildman–Crippen LogP) is 3.63. The fraction of sp³-hybridized carbons (Fsp3) is 0.429. The zero-order valence-electron chi connectivity index (χ0n) is 18.2. The second kappa shape index (κ2) is 9.71. The molecule has 0 spiro atoms. The second-order valence-corrected chi connectivity index (χ2v) is 12.3. The molecule has 178 valence electrons. The van der Waals surface area contributed by atoms with E-state index in [1.54, 1.807) is 17.5 Å². The Morgan fingerprint density at radius 1 is 1.27 bits per heavy atom. The first-order valence-corrected chi connectivity index (χ1v) is 13.6. The van der Waals surface area contributed by atoms with Gasteiger partial charge in [-0.25, -0.2) is 22.2 Å². The van der Waals surface area contributed by atoms with Gasteiger partial charge < -0.3 is 4.90 Å². The predicted molar refractivity (Wildman–Crippen MR) is 126 cm³/mol. The third-order valence-corrected chi connectivity index (χ3v) is 9.76. The van der Waals surface area contributed by atoms with E-state index in [0.717, 1.165) is 28.7 Å². The fourth-order valence-corrected chi connectivity index (χ4v) is 7.49. The van der Waals surface area contributed by atoms with E-state index in [-0.39, 0.29) is 27.3 Å². The maximum Gasteiger partial charge on any atom is 0.252 e. The molecule has 1 unspecified atom stereocenters. The van der Waals surface area contributed by atoms with Crippen LogP contribution in [-0.4, -0.2) is 68.8 Å². The van der Waals surface area contributed by atoms with Crippen LogP contribution in [0.4, 0.5) is 13.9 Å². The summed E-state index contributed by atoms with van der Waals surface area (Å²) in [5.74, 6) is -2.30. The number of benzene rings is 1. The normalized spacial score (nSPS) is 17.7. The molecule has 0 saturated carbocycles. The summed E-state index contributed by atoms with van der Waals surface area (Å²) in [6.07, 6.45) is 1.10. The van der Waals surface area contributed by atoms with Crippen molar-refractivity contribution < 1.29 is 22.0 Å². The molecule has 2 aromatic heterocycles. The number of carbonyl (C=O) groups excluding carboxylic acids is 1. The Bertz CT molecular complexity index is 1250. The van der Waals surface area contributed by atoms with E-state index in [0.29, 0.717) is 37.2 Å². The van der Waals surface area contributed by atoms with E-state index >= 15 is 0 Å². The molecule has 0 radical (unpaired) electrons. The maximum absolute atomic E-state index is 14.2. The van der Waals surface area contributed by atoms with Gasteiger partial charge in [-0.2, -0.15) is 4.31 Å². The number of nitrogens with zero attached hydrogens (tertiary/aromatic N) is 4. The molecule has 3 aromatic rings. The van der Waals surface area contributed by atoms with Gasteiger partial charge in [-0.05, 0) is 44.4 Å². The lowest BCUT2D eigenvalue weighted by Gasteiger charge is -2.33. The van der Waals surface area contributed by atoms with Gasteiger partial charge in [0.05, 0.1) is 10.6 Å². The number of hydrogen-bond acceptors (Lipinski definition) is 7. The van der Waals surface area contributed by atoms with Gasteiger partial charge in [-0.3, -0.25) is 9.69 Å². The molecular weight excluding hydrogens is 490 g/mol. The lowest BCUT2D eigenvalue weighted by Crippen LogP contribution is -2.48. The molecule has 4 rings (SSSR count). The van der Waals surface area contributed by atoms with Crippen LogP contribution in [0.1, 0.15) is 12.8 Å². The standard InChI is InChI=1S/C21H24F2N4O3S3/c1-25(2)8-9-27(21-24-19-16(23)11-15(22)12-17(19)32-21)20(28)14-5-3-7-26(13-14)33(29,30)18-6-4-10-31-18/h4,6,10-12,14H,3,5,7-9,13H2,1-2H3. The van der Waals surface area contributed by atoms with Crippen LogP contribution in [-0.2, 0) is 14.8 Å². The minimum absolute atomic E-state index is 0.0181. The highest BCUT2D eigenvalue weighted by molar-refractivity contribution is 7.91. The Morgan fingerprint density at radius 2 is 2.06 bits per heavy atom. The molecule has 1 fully saturated rings. The van der Waals surface area contributed by atoms with Gasteiger partial charge in [0.15, 0.2) is 10.9 Å². The summed E-state index contributed by atoms with van der Waals surface area (Å²) in [6, 6.07) is 5.21. The minimum Gasteiger partial charge on any atom is -0.308 e. The quantitative estimate of drug-likeness (QED) is 0.482. The molecule has 33 heavy (non-hydrogen) atoms. The van der Waals surface area contributed by atoms with E-state index in [1.807, 2.05) is 19.0 Å². The molecule has 3 heterocycles. The molecule has 1 aromatic carbocycles. The zero-order chi connectivity index (χ0) is 23.8. The number of rotatable bonds is 7. The van der Waals surface area contributed by atoms with Crippen molar-refractivity contribution in [2.45, 2.75) is 17.1 Å². The monoisotopic (exact) mass is 514 g/mol. The lowest BCUT2D eigenvalue weighted by molar-refractivity contribution is -0.123. The van der Waals surface area contributed by atoms with Crippen molar-refractivity contribution in [3.8, 4) is 0 Å². The van der Waals surface area contributed by atoms with Crippen molar-refractivity contribution in [1.29, 1.82) is 0 Å². The first kappa shape index (κ1) is 24.1. The van der Waals surface area contributed by atoms with Crippen molar-refractivity contribution in [2.24, 2.45) is 5.92 Å². The number of fused-ring (bicyclic) bond motifs is 1. The molecular formula is C21H24F2N4O3S3. The van der Waals surface area contributed by atoms with E-state index in [9.17, 15) is 22.0 Å². The molecule has 7 nitrogen and oxygen atoms in total. The summed E-state index contributed by atoms with van der Waals surface area (Å²) in [5.41, 5.74) is 0.0181. The number of thiazole rings is 1. The van der Waals surface area contributed by atoms with Gasteiger partial charge in [0.2, 0.25) is 5.91 Å². The molecule has 1 aliphatic rings. The third-order valence-electron chi connectivity index (χ3n) is 5.49. The largest absolute Gasteiger partial charge is 0.308 e. The Balaban J connectivity index is 1.62. The summed E-state index contributed by atoms with van der Waals surface area (Å²) < 4.78 is 55.8. The van der Waals surface area contributed by atoms with Crippen molar-refractivity contribution in [2.75, 3.05) is 45.2 Å². The second-order valence-electron chi connectivity index (χ2n) is 8.16. The van der Waals surface area contributed by atoms with Crippen molar-refractivity contribution in [3.63, 3.8) is 0 Å². The van der Waals surface area contributed by atoms with Crippen LogP contribution < -0.4 is 4.90 Å². The topological polar surface area (TPSA) is 73.8 Å². The Hall–Kier alpha value is -1.99. The average molecular weight is 515 g/mol. The van der Waals surface area contributed by atoms with Gasteiger partial charge in [-0.1, -0.05) is 17.4 Å². The molecule has 0 N–H and O–H groups in total. The number of likely N-dealkylation sites (N-methyl/N-ethyl adjacent to an activating group) is 1. The summed E-state index contributed by atoms with van der Waals surface area (Å²) in [4.78, 5) is 21.3. The first-order valence-electron chi connectivity index (χ1n) is 10.4. The highest BCUT2D eigenvalue weighted by atomic mass is 32.2. The Morgan fingerprint density at radius 3 is 2.76 bits per heavy atom. The fourth-order valence-electron chi connectivity index (χ4n) is 3.78. The molecule has 12 heteroatoms. The van der Waals surface area contributed by atoms with Crippen molar-refractivity contribution in [3.05, 3.63) is 41.3 Å². The van der Waals surface area contributed by atoms with E-state index < -0.39 is 27.6 Å². The number of piperidine rings is 1. The molecule has 0 aliphatic carbocycles. The number of anilines is 1. The molecule has 1 atom stereocenters. The Kier molecular flexibility index (Phi) is 7.10. The summed E-state index contributed by atoms with van der Waals surface area (Å²) in [5, 5.41) is 1.98. The first-order chi connectivity index (χ1) is 15.7. The van der Waals surface area contributed by atoms with Crippen LogP contribution >= 0.6 is 22.7 Å². The molecule has 1 saturated heterocycles. The summed E-state index contributed by atoms with van der Waals surface area (Å²) >= 11 is 2.19.